The summed E-state index contributed by atoms with van der Waals surface area (Å²) < 4.78 is 1.29. The topological polar surface area (TPSA) is 0 Å². The Hall–Kier alpha value is -2.13. The molecule has 0 aliphatic heterocycles. The lowest BCUT2D eigenvalue weighted by atomic mass is 9.95. The van der Waals surface area contributed by atoms with E-state index in [1.807, 2.05) is 0 Å². The molecule has 0 aromatic heterocycles. The predicted octanol–water partition coefficient (Wildman–Crippen LogP) is 6.78. The minimum absolute atomic E-state index is 1.26. The van der Waals surface area contributed by atoms with Gasteiger partial charge in [0.2, 0.25) is 0 Å². The molecular weight excluding hydrogens is 391 g/mol. The van der Waals surface area contributed by atoms with E-state index in [1.165, 1.54) is 36.6 Å². The summed E-state index contributed by atoms with van der Waals surface area (Å²) in [6.45, 7) is 0. The van der Waals surface area contributed by atoms with Crippen LogP contribution in [0, 0.1) is 3.57 Å². The predicted molar refractivity (Wildman–Crippen MR) is 108 cm³/mol. The van der Waals surface area contributed by atoms with Crippen LogP contribution in [0.25, 0.3) is 33.0 Å². The molecule has 0 heterocycles. The van der Waals surface area contributed by atoms with Gasteiger partial charge in [0, 0.05) is 3.57 Å². The Morgan fingerprint density at radius 3 is 1.83 bits per heavy atom. The third-order valence-electron chi connectivity index (χ3n) is 4.16. The minimum atomic E-state index is 1.26. The normalized spacial score (nSPS) is 10.8. The van der Waals surface area contributed by atoms with E-state index >= 15 is 0 Å². The van der Waals surface area contributed by atoms with Crippen molar-refractivity contribution in [1.82, 2.24) is 0 Å². The Labute approximate surface area is 149 Å². The fourth-order valence-electron chi connectivity index (χ4n) is 2.99. The van der Waals surface area contributed by atoms with Gasteiger partial charge in [-0.1, -0.05) is 78.9 Å². The molecule has 0 spiro atoms. The van der Waals surface area contributed by atoms with Crippen molar-refractivity contribution >= 4 is 33.4 Å². The number of hydrogen-bond donors (Lipinski definition) is 0. The van der Waals surface area contributed by atoms with Gasteiger partial charge in [-0.15, -0.1) is 0 Å². The highest BCUT2D eigenvalue weighted by Gasteiger charge is 2.08. The van der Waals surface area contributed by atoms with Crippen LogP contribution < -0.4 is 0 Å². The maximum Gasteiger partial charge on any atom is 0.0209 e. The standard InChI is InChI=1S/C22H15I/c23-22-14-13-19(17-9-5-2-6-10-17)21-15-18(11-12-20(21)22)16-7-3-1-4-8-16/h1-15H. The first-order valence-corrected chi connectivity index (χ1v) is 8.74. The summed E-state index contributed by atoms with van der Waals surface area (Å²) in [6.07, 6.45) is 0. The third-order valence-corrected chi connectivity index (χ3v) is 5.10. The first-order valence-electron chi connectivity index (χ1n) is 7.66. The molecule has 4 aromatic carbocycles. The summed E-state index contributed by atoms with van der Waals surface area (Å²) in [4.78, 5) is 0. The van der Waals surface area contributed by atoms with Crippen molar-refractivity contribution in [1.29, 1.82) is 0 Å². The fraction of sp³-hybridized carbons (Fsp3) is 0. The number of benzene rings is 4. The summed E-state index contributed by atoms with van der Waals surface area (Å²) in [7, 11) is 0. The number of fused-ring (bicyclic) bond motifs is 1. The van der Waals surface area contributed by atoms with Gasteiger partial charge in [-0.25, -0.2) is 0 Å². The molecule has 0 N–H and O–H groups in total. The van der Waals surface area contributed by atoms with Gasteiger partial charge < -0.3 is 0 Å². The summed E-state index contributed by atoms with van der Waals surface area (Å²) in [5, 5.41) is 2.62. The summed E-state index contributed by atoms with van der Waals surface area (Å²) in [6, 6.07) is 32.4. The SMILES string of the molecule is Ic1ccc(-c2ccccc2)c2cc(-c3ccccc3)ccc12. The van der Waals surface area contributed by atoms with Crippen LogP contribution in [0.15, 0.2) is 91.0 Å². The second-order valence-corrected chi connectivity index (χ2v) is 6.75. The Balaban J connectivity index is 1.99. The number of rotatable bonds is 2. The fourth-order valence-corrected chi connectivity index (χ4v) is 3.64. The Morgan fingerprint density at radius 1 is 0.478 bits per heavy atom. The van der Waals surface area contributed by atoms with E-state index in [-0.39, 0.29) is 0 Å². The smallest absolute Gasteiger partial charge is 0.0209 e. The van der Waals surface area contributed by atoms with Crippen LogP contribution >= 0.6 is 22.6 Å². The number of hydrogen-bond acceptors (Lipinski definition) is 0. The van der Waals surface area contributed by atoms with Crippen LogP contribution in [0.4, 0.5) is 0 Å². The lowest BCUT2D eigenvalue weighted by molar-refractivity contribution is 1.61. The highest BCUT2D eigenvalue weighted by atomic mass is 127. The second kappa shape index (κ2) is 6.17. The van der Waals surface area contributed by atoms with Gasteiger partial charge in [-0.05, 0) is 67.7 Å². The van der Waals surface area contributed by atoms with Gasteiger partial charge >= 0.3 is 0 Å². The maximum atomic E-state index is 2.42. The molecule has 1 heteroatoms. The van der Waals surface area contributed by atoms with Gasteiger partial charge in [0.15, 0.2) is 0 Å². The van der Waals surface area contributed by atoms with Crippen molar-refractivity contribution in [2.24, 2.45) is 0 Å². The zero-order chi connectivity index (χ0) is 15.6. The first-order chi connectivity index (χ1) is 11.3. The van der Waals surface area contributed by atoms with Crippen molar-refractivity contribution in [2.75, 3.05) is 0 Å². The van der Waals surface area contributed by atoms with E-state index in [0.717, 1.165) is 0 Å². The molecule has 0 nitrogen and oxygen atoms in total. The molecule has 0 aliphatic rings. The van der Waals surface area contributed by atoms with E-state index in [4.69, 9.17) is 0 Å². The molecule has 0 unspecified atom stereocenters. The minimum Gasteiger partial charge on any atom is -0.0622 e. The molecular formula is C22H15I. The highest BCUT2D eigenvalue weighted by molar-refractivity contribution is 14.1. The van der Waals surface area contributed by atoms with Crippen LogP contribution in [0.1, 0.15) is 0 Å². The monoisotopic (exact) mass is 406 g/mol. The van der Waals surface area contributed by atoms with Crippen molar-refractivity contribution in [3.05, 3.63) is 94.6 Å². The highest BCUT2D eigenvalue weighted by Crippen LogP contribution is 2.34. The van der Waals surface area contributed by atoms with E-state index in [9.17, 15) is 0 Å². The van der Waals surface area contributed by atoms with Gasteiger partial charge in [0.05, 0.1) is 0 Å². The Bertz CT molecular complexity index is 957. The molecule has 110 valence electrons. The quantitative estimate of drug-likeness (QED) is 0.322. The van der Waals surface area contributed by atoms with E-state index < -0.39 is 0 Å². The van der Waals surface area contributed by atoms with Crippen LogP contribution in [-0.4, -0.2) is 0 Å². The third kappa shape index (κ3) is 2.77. The van der Waals surface area contributed by atoms with Crippen molar-refractivity contribution in [3.63, 3.8) is 0 Å². The molecule has 0 fully saturated rings. The average Bonchev–Trinajstić information content (AvgIpc) is 2.63. The molecule has 0 aliphatic carbocycles. The lowest BCUT2D eigenvalue weighted by Crippen LogP contribution is -1.86. The Kier molecular flexibility index (Phi) is 3.88. The summed E-state index contributed by atoms with van der Waals surface area (Å²) in [5.41, 5.74) is 5.07. The van der Waals surface area contributed by atoms with Gasteiger partial charge in [-0.2, -0.15) is 0 Å². The zero-order valence-electron chi connectivity index (χ0n) is 12.5. The van der Waals surface area contributed by atoms with Gasteiger partial charge in [0.1, 0.15) is 0 Å². The molecule has 0 bridgehead atoms. The largest absolute Gasteiger partial charge is 0.0622 e. The summed E-state index contributed by atoms with van der Waals surface area (Å²) in [5.74, 6) is 0. The van der Waals surface area contributed by atoms with Crippen LogP contribution in [0.2, 0.25) is 0 Å². The maximum absolute atomic E-state index is 2.42. The van der Waals surface area contributed by atoms with E-state index in [1.54, 1.807) is 0 Å². The lowest BCUT2D eigenvalue weighted by Gasteiger charge is -2.11. The van der Waals surface area contributed by atoms with Crippen molar-refractivity contribution in [2.45, 2.75) is 0 Å². The first kappa shape index (κ1) is 14.5. The molecule has 0 amide bonds. The van der Waals surface area contributed by atoms with E-state index in [0.29, 0.717) is 0 Å². The van der Waals surface area contributed by atoms with Crippen LogP contribution in [0.3, 0.4) is 0 Å². The van der Waals surface area contributed by atoms with Gasteiger partial charge in [0.25, 0.3) is 0 Å². The van der Waals surface area contributed by atoms with Gasteiger partial charge in [-0.3, -0.25) is 0 Å². The zero-order valence-corrected chi connectivity index (χ0v) is 14.7. The Morgan fingerprint density at radius 2 is 1.13 bits per heavy atom. The molecule has 4 aromatic rings. The molecule has 0 radical (unpaired) electrons. The van der Waals surface area contributed by atoms with Crippen molar-refractivity contribution < 1.29 is 0 Å². The molecule has 4 rings (SSSR count). The van der Waals surface area contributed by atoms with Crippen LogP contribution in [-0.2, 0) is 0 Å². The molecule has 23 heavy (non-hydrogen) atoms. The molecule has 0 saturated heterocycles. The average molecular weight is 406 g/mol. The van der Waals surface area contributed by atoms with Crippen LogP contribution in [0.5, 0.6) is 0 Å². The number of halogens is 1. The summed E-state index contributed by atoms with van der Waals surface area (Å²) >= 11 is 2.42. The molecule has 0 saturated carbocycles. The molecule has 0 atom stereocenters. The van der Waals surface area contributed by atoms with E-state index in [2.05, 4.69) is 114 Å². The van der Waals surface area contributed by atoms with Crippen molar-refractivity contribution in [3.8, 4) is 22.3 Å². The second-order valence-electron chi connectivity index (χ2n) is 5.59.